The zero-order chi connectivity index (χ0) is 14.3. The first-order valence-corrected chi connectivity index (χ1v) is 6.97. The van der Waals surface area contributed by atoms with Gasteiger partial charge in [-0.3, -0.25) is 10.1 Å². The van der Waals surface area contributed by atoms with Gasteiger partial charge in [0.1, 0.15) is 0 Å². The monoisotopic (exact) mass is 274 g/mol. The van der Waals surface area contributed by atoms with E-state index in [-0.39, 0.29) is 5.91 Å². The van der Waals surface area contributed by atoms with Gasteiger partial charge in [0, 0.05) is 13.1 Å². The number of nitrogens with zero attached hydrogens (tertiary/aromatic N) is 1. The smallest absolute Gasteiger partial charge is 0.239 e. The summed E-state index contributed by atoms with van der Waals surface area (Å²) in [7, 11) is 0. The topological polar surface area (TPSA) is 93.0 Å². The zero-order valence-corrected chi connectivity index (χ0v) is 11.6. The third-order valence-corrected chi connectivity index (χ3v) is 3.72. The number of hydrogen-bond donors (Lipinski definition) is 4. The molecule has 4 N–H and O–H groups in total. The van der Waals surface area contributed by atoms with Crippen molar-refractivity contribution in [3.05, 3.63) is 0 Å². The molecule has 1 aliphatic heterocycles. The van der Waals surface area contributed by atoms with Crippen LogP contribution in [-0.2, 0) is 4.79 Å². The second kappa shape index (κ2) is 7.79. The number of amides is 1. The summed E-state index contributed by atoms with van der Waals surface area (Å²) in [5, 5.41) is 30.6. The van der Waals surface area contributed by atoms with Crippen molar-refractivity contribution < 1.29 is 20.1 Å². The Kier molecular flexibility index (Phi) is 6.71. The molecule has 1 atom stereocenters. The molecule has 1 rings (SSSR count). The van der Waals surface area contributed by atoms with Gasteiger partial charge in [0.2, 0.25) is 5.91 Å². The highest BCUT2D eigenvalue weighted by Gasteiger charge is 2.33. The number of rotatable bonds is 6. The second-order valence-corrected chi connectivity index (χ2v) is 5.36. The molecular weight excluding hydrogens is 248 g/mol. The van der Waals surface area contributed by atoms with E-state index in [0.29, 0.717) is 0 Å². The minimum absolute atomic E-state index is 0.0402. The van der Waals surface area contributed by atoms with Crippen LogP contribution in [0.2, 0.25) is 0 Å². The van der Waals surface area contributed by atoms with E-state index >= 15 is 0 Å². The standard InChI is InChI=1S/C13H26N2O4/c1-11(14-13(8-16,9-17)10-18)12(19)15-6-4-2-3-5-7-15/h11,14,16-18H,2-10H2,1H3. The molecule has 1 amide bonds. The Labute approximate surface area is 114 Å². The van der Waals surface area contributed by atoms with E-state index in [2.05, 4.69) is 5.32 Å². The summed E-state index contributed by atoms with van der Waals surface area (Å²) in [5.74, 6) is -0.0402. The summed E-state index contributed by atoms with van der Waals surface area (Å²) in [4.78, 5) is 14.1. The molecule has 1 fully saturated rings. The molecule has 0 bridgehead atoms. The molecule has 0 aliphatic carbocycles. The van der Waals surface area contributed by atoms with Crippen molar-refractivity contribution in [2.24, 2.45) is 0 Å². The summed E-state index contributed by atoms with van der Waals surface area (Å²) < 4.78 is 0. The lowest BCUT2D eigenvalue weighted by Gasteiger charge is -2.34. The van der Waals surface area contributed by atoms with Crippen LogP contribution in [0.25, 0.3) is 0 Å². The highest BCUT2D eigenvalue weighted by molar-refractivity contribution is 5.81. The molecular formula is C13H26N2O4. The zero-order valence-electron chi connectivity index (χ0n) is 11.6. The van der Waals surface area contributed by atoms with Crippen molar-refractivity contribution >= 4 is 5.91 Å². The van der Waals surface area contributed by atoms with Crippen LogP contribution >= 0.6 is 0 Å². The number of carbonyl (C=O) groups is 1. The number of hydrogen-bond acceptors (Lipinski definition) is 5. The summed E-state index contributed by atoms with van der Waals surface area (Å²) in [6.07, 6.45) is 4.34. The van der Waals surface area contributed by atoms with Crippen molar-refractivity contribution in [2.75, 3.05) is 32.9 Å². The largest absolute Gasteiger partial charge is 0.394 e. The minimum Gasteiger partial charge on any atom is -0.394 e. The number of likely N-dealkylation sites (tertiary alicyclic amines) is 1. The number of aliphatic hydroxyl groups is 3. The quantitative estimate of drug-likeness (QED) is 0.503. The van der Waals surface area contributed by atoms with Gasteiger partial charge in [-0.05, 0) is 19.8 Å². The van der Waals surface area contributed by atoms with Crippen LogP contribution in [-0.4, -0.2) is 70.6 Å². The highest BCUT2D eigenvalue weighted by atomic mass is 16.3. The van der Waals surface area contributed by atoms with Gasteiger partial charge in [0.15, 0.2) is 0 Å². The van der Waals surface area contributed by atoms with Gasteiger partial charge >= 0.3 is 0 Å². The van der Waals surface area contributed by atoms with E-state index < -0.39 is 31.4 Å². The average Bonchev–Trinajstić information content (AvgIpc) is 2.73. The van der Waals surface area contributed by atoms with E-state index in [9.17, 15) is 20.1 Å². The van der Waals surface area contributed by atoms with E-state index in [1.807, 2.05) is 4.90 Å². The average molecular weight is 274 g/mol. The Morgan fingerprint density at radius 1 is 1.11 bits per heavy atom. The van der Waals surface area contributed by atoms with Crippen LogP contribution < -0.4 is 5.32 Å². The molecule has 0 aromatic heterocycles. The molecule has 6 heteroatoms. The third-order valence-electron chi connectivity index (χ3n) is 3.72. The highest BCUT2D eigenvalue weighted by Crippen LogP contribution is 2.12. The first kappa shape index (κ1) is 16.4. The maximum absolute atomic E-state index is 12.3. The van der Waals surface area contributed by atoms with Crippen LogP contribution in [0.5, 0.6) is 0 Å². The normalized spacial score (nSPS) is 19.1. The Balaban J connectivity index is 2.60. The number of aliphatic hydroxyl groups excluding tert-OH is 3. The third kappa shape index (κ3) is 4.42. The maximum atomic E-state index is 12.3. The Morgan fingerprint density at radius 2 is 1.58 bits per heavy atom. The predicted octanol–water partition coefficient (Wildman–Crippen LogP) is -0.917. The van der Waals surface area contributed by atoms with Crippen molar-refractivity contribution in [2.45, 2.75) is 44.2 Å². The Bertz CT molecular complexity index is 266. The molecule has 0 spiro atoms. The van der Waals surface area contributed by atoms with Crippen LogP contribution in [0.3, 0.4) is 0 Å². The molecule has 1 aliphatic rings. The van der Waals surface area contributed by atoms with Crippen molar-refractivity contribution in [3.63, 3.8) is 0 Å². The number of nitrogens with one attached hydrogen (secondary N) is 1. The molecule has 6 nitrogen and oxygen atoms in total. The summed E-state index contributed by atoms with van der Waals surface area (Å²) >= 11 is 0. The fourth-order valence-electron chi connectivity index (χ4n) is 2.37. The van der Waals surface area contributed by atoms with E-state index in [1.54, 1.807) is 6.92 Å². The molecule has 19 heavy (non-hydrogen) atoms. The van der Waals surface area contributed by atoms with Gasteiger partial charge in [-0.25, -0.2) is 0 Å². The lowest BCUT2D eigenvalue weighted by molar-refractivity contribution is -0.134. The van der Waals surface area contributed by atoms with Gasteiger partial charge < -0.3 is 20.2 Å². The van der Waals surface area contributed by atoms with Gasteiger partial charge in [0.25, 0.3) is 0 Å². The van der Waals surface area contributed by atoms with Crippen molar-refractivity contribution in [1.29, 1.82) is 0 Å². The molecule has 112 valence electrons. The predicted molar refractivity (Wildman–Crippen MR) is 71.6 cm³/mol. The molecule has 1 saturated heterocycles. The molecule has 0 aromatic carbocycles. The Morgan fingerprint density at radius 3 is 2.00 bits per heavy atom. The lowest BCUT2D eigenvalue weighted by atomic mass is 10.0. The summed E-state index contributed by atoms with van der Waals surface area (Å²) in [6, 6.07) is -0.537. The van der Waals surface area contributed by atoms with E-state index in [1.165, 1.54) is 0 Å². The maximum Gasteiger partial charge on any atom is 0.239 e. The molecule has 1 unspecified atom stereocenters. The lowest BCUT2D eigenvalue weighted by Crippen LogP contribution is -2.61. The molecule has 1 heterocycles. The van der Waals surface area contributed by atoms with Gasteiger partial charge in [-0.2, -0.15) is 0 Å². The number of carbonyl (C=O) groups excluding carboxylic acids is 1. The van der Waals surface area contributed by atoms with Crippen LogP contribution in [0.4, 0.5) is 0 Å². The van der Waals surface area contributed by atoms with Gasteiger partial charge in [-0.1, -0.05) is 12.8 Å². The van der Waals surface area contributed by atoms with Gasteiger partial charge in [-0.15, -0.1) is 0 Å². The van der Waals surface area contributed by atoms with E-state index in [4.69, 9.17) is 0 Å². The Hall–Kier alpha value is -0.690. The second-order valence-electron chi connectivity index (χ2n) is 5.36. The van der Waals surface area contributed by atoms with Crippen molar-refractivity contribution in [1.82, 2.24) is 10.2 Å². The van der Waals surface area contributed by atoms with E-state index in [0.717, 1.165) is 38.8 Å². The van der Waals surface area contributed by atoms with Crippen LogP contribution in [0.15, 0.2) is 0 Å². The fraction of sp³-hybridized carbons (Fsp3) is 0.923. The first-order valence-electron chi connectivity index (χ1n) is 6.97. The molecule has 0 saturated carbocycles. The van der Waals surface area contributed by atoms with Crippen molar-refractivity contribution in [3.8, 4) is 0 Å². The summed E-state index contributed by atoms with van der Waals surface area (Å²) in [5.41, 5.74) is -1.21. The van der Waals surface area contributed by atoms with Crippen LogP contribution in [0, 0.1) is 0 Å². The SMILES string of the molecule is CC(NC(CO)(CO)CO)C(=O)N1CCCCCC1. The minimum atomic E-state index is -1.21. The fourth-order valence-corrected chi connectivity index (χ4v) is 2.37. The van der Waals surface area contributed by atoms with Crippen LogP contribution in [0.1, 0.15) is 32.6 Å². The molecule has 0 aromatic rings. The molecule has 0 radical (unpaired) electrons. The summed E-state index contributed by atoms with van der Waals surface area (Å²) in [6.45, 7) is 1.96. The van der Waals surface area contributed by atoms with Gasteiger partial charge in [0.05, 0.1) is 31.4 Å². The first-order chi connectivity index (χ1) is 9.08.